The van der Waals surface area contributed by atoms with Crippen LogP contribution in [0.1, 0.15) is 22.8 Å². The average Bonchev–Trinajstić information content (AvgIpc) is 3.00. The van der Waals surface area contributed by atoms with Gasteiger partial charge in [0.05, 0.1) is 0 Å². The summed E-state index contributed by atoms with van der Waals surface area (Å²) in [4.78, 5) is 0. The molecule has 1 aromatic heterocycles. The van der Waals surface area contributed by atoms with Crippen LogP contribution in [0.15, 0.2) is 54.6 Å². The molecule has 0 unspecified atom stereocenters. The van der Waals surface area contributed by atoms with E-state index < -0.39 is 0 Å². The third-order valence-electron chi connectivity index (χ3n) is 4.22. The van der Waals surface area contributed by atoms with Gasteiger partial charge in [0.1, 0.15) is 0 Å². The molecule has 104 valence electrons. The molecule has 1 aliphatic carbocycles. The monoisotopic (exact) mass is 339 g/mol. The van der Waals surface area contributed by atoms with E-state index in [1.54, 1.807) is 10.0 Å². The van der Waals surface area contributed by atoms with Gasteiger partial charge in [0.25, 0.3) is 0 Å². The molecule has 1 nitrogen and oxygen atoms in total. The molecule has 0 amide bonds. The van der Waals surface area contributed by atoms with Crippen molar-refractivity contribution in [3.05, 3.63) is 64.6 Å². The second-order valence-corrected chi connectivity index (χ2v) is 7.35. The Morgan fingerprint density at radius 1 is 0.762 bits per heavy atom. The van der Waals surface area contributed by atoms with Crippen molar-refractivity contribution in [2.45, 2.75) is 25.7 Å². The first-order valence-corrected chi connectivity index (χ1v) is 9.18. The summed E-state index contributed by atoms with van der Waals surface area (Å²) in [6.45, 7) is 0. The number of nitrogens with zero attached hydrogens (tertiary/aromatic N) is 1. The summed E-state index contributed by atoms with van der Waals surface area (Å²) in [5, 5.41) is 0. The van der Waals surface area contributed by atoms with Crippen LogP contribution >= 0.6 is 0 Å². The molecule has 1 aliphatic rings. The van der Waals surface area contributed by atoms with Crippen LogP contribution in [0.5, 0.6) is 0 Å². The molecule has 0 fully saturated rings. The first-order chi connectivity index (χ1) is 10.4. The molecule has 0 atom stereocenters. The summed E-state index contributed by atoms with van der Waals surface area (Å²) in [5.74, 6) is 0. The van der Waals surface area contributed by atoms with Gasteiger partial charge in [-0.1, -0.05) is 0 Å². The summed E-state index contributed by atoms with van der Waals surface area (Å²) in [7, 11) is 0. The number of rotatable bonds is 2. The van der Waals surface area contributed by atoms with Crippen LogP contribution < -0.4 is 0 Å². The van der Waals surface area contributed by atoms with E-state index in [-0.39, 0.29) is 0 Å². The average molecular weight is 338 g/mol. The van der Waals surface area contributed by atoms with Crippen molar-refractivity contribution in [2.75, 3.05) is 0 Å². The Morgan fingerprint density at radius 3 is 2.33 bits per heavy atom. The van der Waals surface area contributed by atoms with Gasteiger partial charge >= 0.3 is 131 Å². The number of benzene rings is 2. The summed E-state index contributed by atoms with van der Waals surface area (Å²) >= 11 is 0.342. The van der Waals surface area contributed by atoms with Gasteiger partial charge in [-0.05, 0) is 0 Å². The quantitative estimate of drug-likeness (QED) is 0.633. The van der Waals surface area contributed by atoms with Gasteiger partial charge < -0.3 is 0 Å². The van der Waals surface area contributed by atoms with Crippen molar-refractivity contribution in [3.8, 4) is 22.4 Å². The van der Waals surface area contributed by atoms with Crippen LogP contribution in [0.3, 0.4) is 0 Å². The van der Waals surface area contributed by atoms with Gasteiger partial charge in [0.2, 0.25) is 0 Å². The Kier molecular flexibility index (Phi) is 3.50. The third kappa shape index (κ3) is 2.39. The molecule has 1 heterocycles. The van der Waals surface area contributed by atoms with Crippen LogP contribution in [0.4, 0.5) is 0 Å². The molecule has 21 heavy (non-hydrogen) atoms. The van der Waals surface area contributed by atoms with Gasteiger partial charge in [-0.25, -0.2) is 0 Å². The Hall–Kier alpha value is -1.63. The van der Waals surface area contributed by atoms with Crippen molar-refractivity contribution in [2.24, 2.45) is 0 Å². The number of fused-ring (bicyclic) bond motifs is 1. The second kappa shape index (κ2) is 5.63. The summed E-state index contributed by atoms with van der Waals surface area (Å²) in [6.07, 6.45) is 5.17. The van der Waals surface area contributed by atoms with Crippen LogP contribution in [0, 0.1) is 0 Å². The van der Waals surface area contributed by atoms with Crippen LogP contribution in [-0.2, 0) is 12.8 Å². The molecule has 0 radical (unpaired) electrons. The Balaban J connectivity index is 1.88. The topological polar surface area (TPSA) is 12.9 Å². The molecule has 0 N–H and O–H groups in total. The summed E-state index contributed by atoms with van der Waals surface area (Å²) in [6, 6.07) is 19.4. The number of aromatic nitrogens is 1. The minimum absolute atomic E-state index is 0.342. The molecule has 0 saturated carbocycles. The van der Waals surface area contributed by atoms with Crippen LogP contribution in [-0.4, -0.2) is 18.7 Å². The van der Waals surface area contributed by atoms with Crippen molar-refractivity contribution in [1.29, 1.82) is 0 Å². The molecule has 3 aromatic rings. The van der Waals surface area contributed by atoms with Crippen molar-refractivity contribution < 1.29 is 0 Å². The molecule has 2 aromatic carbocycles. The standard InChI is InChI=1S/C19H17NSe/c1-2-8-14(9-3-1)15-10-4-5-11-16(15)19-17-12-6-7-13-18(17)21-20-19/h1-5,8-11H,6-7,12-13H2. The van der Waals surface area contributed by atoms with Crippen LogP contribution in [0.25, 0.3) is 22.4 Å². The zero-order valence-electron chi connectivity index (χ0n) is 11.9. The predicted molar refractivity (Wildman–Crippen MR) is 88.7 cm³/mol. The van der Waals surface area contributed by atoms with E-state index in [4.69, 9.17) is 3.98 Å². The fourth-order valence-electron chi connectivity index (χ4n) is 3.16. The van der Waals surface area contributed by atoms with E-state index >= 15 is 0 Å². The molecular formula is C19H17NSe. The zero-order valence-corrected chi connectivity index (χ0v) is 13.6. The predicted octanol–water partition coefficient (Wildman–Crippen LogP) is 4.35. The number of hydrogen-bond acceptors (Lipinski definition) is 1. The van der Waals surface area contributed by atoms with Crippen molar-refractivity contribution >= 4 is 14.7 Å². The van der Waals surface area contributed by atoms with Gasteiger partial charge in [-0.15, -0.1) is 0 Å². The SMILES string of the molecule is c1ccc(-c2ccccc2-c2n[se]c3c2CCCC3)cc1. The summed E-state index contributed by atoms with van der Waals surface area (Å²) in [5.41, 5.74) is 6.76. The van der Waals surface area contributed by atoms with E-state index in [2.05, 4.69) is 54.6 Å². The Morgan fingerprint density at radius 2 is 1.48 bits per heavy atom. The summed E-state index contributed by atoms with van der Waals surface area (Å²) < 4.78 is 6.59. The fourth-order valence-corrected chi connectivity index (χ4v) is 5.16. The van der Waals surface area contributed by atoms with Crippen LogP contribution in [0.2, 0.25) is 0 Å². The minimum atomic E-state index is 0.342. The molecule has 0 bridgehead atoms. The van der Waals surface area contributed by atoms with Crippen molar-refractivity contribution in [1.82, 2.24) is 3.98 Å². The van der Waals surface area contributed by atoms with E-state index in [9.17, 15) is 0 Å². The van der Waals surface area contributed by atoms with E-state index in [1.165, 1.54) is 48.1 Å². The van der Waals surface area contributed by atoms with Gasteiger partial charge in [0, 0.05) is 0 Å². The van der Waals surface area contributed by atoms with E-state index in [0.29, 0.717) is 14.7 Å². The Bertz CT molecular complexity index is 758. The first-order valence-electron chi connectivity index (χ1n) is 7.56. The zero-order chi connectivity index (χ0) is 14.1. The molecule has 0 saturated heterocycles. The van der Waals surface area contributed by atoms with Crippen molar-refractivity contribution in [3.63, 3.8) is 0 Å². The normalized spacial score (nSPS) is 13.9. The van der Waals surface area contributed by atoms with Gasteiger partial charge in [0.15, 0.2) is 0 Å². The fraction of sp³-hybridized carbons (Fsp3) is 0.211. The maximum absolute atomic E-state index is 4.94. The second-order valence-electron chi connectivity index (χ2n) is 5.55. The van der Waals surface area contributed by atoms with Gasteiger partial charge in [-0.3, -0.25) is 0 Å². The number of hydrogen-bond donors (Lipinski definition) is 0. The Labute approximate surface area is 131 Å². The van der Waals surface area contributed by atoms with Gasteiger partial charge in [-0.2, -0.15) is 0 Å². The first kappa shape index (κ1) is 13.1. The molecular weight excluding hydrogens is 321 g/mol. The third-order valence-corrected chi connectivity index (χ3v) is 6.20. The van der Waals surface area contributed by atoms with E-state index in [0.717, 1.165) is 0 Å². The maximum atomic E-state index is 4.94. The molecule has 2 heteroatoms. The molecule has 0 aliphatic heterocycles. The number of aryl methyl sites for hydroxylation is 1. The molecule has 0 spiro atoms. The molecule has 4 rings (SSSR count). The van der Waals surface area contributed by atoms with E-state index in [1.807, 2.05) is 0 Å².